The van der Waals surface area contributed by atoms with Crippen LogP contribution in [0, 0.1) is 0 Å². The van der Waals surface area contributed by atoms with Gasteiger partial charge in [0.1, 0.15) is 4.88 Å². The number of rotatable bonds is 5. The van der Waals surface area contributed by atoms with Gasteiger partial charge in [-0.2, -0.15) is 0 Å². The van der Waals surface area contributed by atoms with Gasteiger partial charge in [0.2, 0.25) is 0 Å². The highest BCUT2D eigenvalue weighted by molar-refractivity contribution is 7.98. The van der Waals surface area contributed by atoms with Crippen LogP contribution in [0.3, 0.4) is 0 Å². The summed E-state index contributed by atoms with van der Waals surface area (Å²) in [7, 11) is 0. The lowest BCUT2D eigenvalue weighted by Crippen LogP contribution is -1.96. The van der Waals surface area contributed by atoms with Gasteiger partial charge in [0.05, 0.1) is 6.61 Å². The van der Waals surface area contributed by atoms with E-state index in [1.165, 1.54) is 11.3 Å². The summed E-state index contributed by atoms with van der Waals surface area (Å²) in [5.41, 5.74) is 1.73. The lowest BCUT2D eigenvalue weighted by molar-refractivity contribution is 0.0701. The van der Waals surface area contributed by atoms with E-state index in [4.69, 9.17) is 10.2 Å². The summed E-state index contributed by atoms with van der Waals surface area (Å²) in [5, 5.41) is 19.7. The second-order valence-electron chi connectivity index (χ2n) is 3.67. The Bertz CT molecular complexity index is 531. The predicted molar refractivity (Wildman–Crippen MR) is 73.2 cm³/mol. The first-order valence-corrected chi connectivity index (χ1v) is 7.19. The molecule has 1 aromatic heterocycles. The molecule has 5 heteroatoms. The first-order valence-electron chi connectivity index (χ1n) is 5.33. The van der Waals surface area contributed by atoms with E-state index in [2.05, 4.69) is 0 Å². The van der Waals surface area contributed by atoms with E-state index in [1.807, 2.05) is 30.3 Å². The van der Waals surface area contributed by atoms with Crippen LogP contribution in [-0.2, 0) is 12.4 Å². The maximum Gasteiger partial charge on any atom is 0.346 e. The Balaban J connectivity index is 2.02. The van der Waals surface area contributed by atoms with Crippen molar-refractivity contribution in [1.29, 1.82) is 0 Å². The molecule has 0 radical (unpaired) electrons. The molecule has 0 aliphatic carbocycles. The number of carboxylic acid groups (broad SMARTS) is 1. The zero-order valence-corrected chi connectivity index (χ0v) is 11.1. The molecule has 2 rings (SSSR count). The van der Waals surface area contributed by atoms with E-state index >= 15 is 0 Å². The van der Waals surface area contributed by atoms with Crippen LogP contribution >= 0.6 is 23.1 Å². The van der Waals surface area contributed by atoms with Crippen molar-refractivity contribution >= 4 is 29.1 Å². The molecule has 0 amide bonds. The summed E-state index contributed by atoms with van der Waals surface area (Å²) in [6.45, 7) is 0.0403. The van der Waals surface area contributed by atoms with Crippen molar-refractivity contribution in [3.05, 3.63) is 51.7 Å². The second-order valence-corrected chi connectivity index (χ2v) is 5.64. The normalized spacial score (nSPS) is 10.5. The molecule has 2 N–H and O–H groups in total. The van der Waals surface area contributed by atoms with Crippen LogP contribution in [0.1, 0.15) is 20.8 Å². The van der Waals surface area contributed by atoms with Crippen LogP contribution in [0.4, 0.5) is 0 Å². The SMILES string of the molecule is O=C(O)c1sccc1CSc1ccc(CO)cc1. The largest absolute Gasteiger partial charge is 0.477 e. The van der Waals surface area contributed by atoms with Crippen LogP contribution in [0.25, 0.3) is 0 Å². The van der Waals surface area contributed by atoms with Crippen molar-refractivity contribution in [1.82, 2.24) is 0 Å². The first-order chi connectivity index (χ1) is 8.70. The van der Waals surface area contributed by atoms with Gasteiger partial charge in [-0.25, -0.2) is 4.79 Å². The van der Waals surface area contributed by atoms with Crippen LogP contribution < -0.4 is 0 Å². The molecule has 0 saturated heterocycles. The number of thioether (sulfide) groups is 1. The molecule has 0 atom stereocenters. The molecule has 94 valence electrons. The van der Waals surface area contributed by atoms with E-state index in [9.17, 15) is 4.79 Å². The number of hydrogen-bond donors (Lipinski definition) is 2. The van der Waals surface area contributed by atoms with Crippen molar-refractivity contribution in [3.8, 4) is 0 Å². The number of hydrogen-bond acceptors (Lipinski definition) is 4. The highest BCUT2D eigenvalue weighted by atomic mass is 32.2. The molecule has 0 fully saturated rings. The van der Waals surface area contributed by atoms with Gasteiger partial charge in [-0.1, -0.05) is 12.1 Å². The van der Waals surface area contributed by atoms with Gasteiger partial charge in [0, 0.05) is 10.6 Å². The van der Waals surface area contributed by atoms with Gasteiger partial charge in [-0.15, -0.1) is 23.1 Å². The van der Waals surface area contributed by atoms with Crippen molar-refractivity contribution in [2.45, 2.75) is 17.3 Å². The fourth-order valence-corrected chi connectivity index (χ4v) is 3.23. The number of carbonyl (C=O) groups is 1. The lowest BCUT2D eigenvalue weighted by Gasteiger charge is -2.02. The van der Waals surface area contributed by atoms with Crippen LogP contribution in [-0.4, -0.2) is 16.2 Å². The Hall–Kier alpha value is -1.30. The summed E-state index contributed by atoms with van der Waals surface area (Å²) < 4.78 is 0. The number of thiophene rings is 1. The van der Waals surface area contributed by atoms with Gasteiger partial charge >= 0.3 is 5.97 Å². The molecular formula is C13H12O3S2. The smallest absolute Gasteiger partial charge is 0.346 e. The topological polar surface area (TPSA) is 57.5 Å². The number of aliphatic hydroxyl groups excluding tert-OH is 1. The predicted octanol–water partition coefficient (Wildman–Crippen LogP) is 3.23. The highest BCUT2D eigenvalue weighted by Crippen LogP contribution is 2.27. The molecule has 0 aliphatic heterocycles. The highest BCUT2D eigenvalue weighted by Gasteiger charge is 2.11. The van der Waals surface area contributed by atoms with Crippen molar-refractivity contribution in [3.63, 3.8) is 0 Å². The quantitative estimate of drug-likeness (QED) is 0.826. The Morgan fingerprint density at radius 2 is 1.94 bits per heavy atom. The number of carboxylic acids is 1. The summed E-state index contributed by atoms with van der Waals surface area (Å²) in [6.07, 6.45) is 0. The molecule has 3 nitrogen and oxygen atoms in total. The van der Waals surface area contributed by atoms with Gasteiger partial charge in [-0.05, 0) is 34.7 Å². The Labute approximate surface area is 113 Å². The molecule has 0 unspecified atom stereocenters. The average molecular weight is 280 g/mol. The van der Waals surface area contributed by atoms with Crippen molar-refractivity contribution < 1.29 is 15.0 Å². The van der Waals surface area contributed by atoms with Crippen LogP contribution in [0.5, 0.6) is 0 Å². The summed E-state index contributed by atoms with van der Waals surface area (Å²) >= 11 is 2.84. The Kier molecular flexibility index (Phi) is 4.41. The molecule has 0 saturated carbocycles. The van der Waals surface area contributed by atoms with Crippen molar-refractivity contribution in [2.24, 2.45) is 0 Å². The summed E-state index contributed by atoms with van der Waals surface area (Å²) in [4.78, 5) is 12.4. The van der Waals surface area contributed by atoms with E-state index in [0.29, 0.717) is 10.6 Å². The molecule has 0 bridgehead atoms. The maximum absolute atomic E-state index is 11.0. The molecular weight excluding hydrogens is 268 g/mol. The zero-order valence-electron chi connectivity index (χ0n) is 9.50. The third kappa shape index (κ3) is 3.13. The molecule has 0 aliphatic rings. The standard InChI is InChI=1S/C13H12O3S2/c14-7-9-1-3-11(4-2-9)18-8-10-5-6-17-12(10)13(15)16/h1-6,14H,7-8H2,(H,15,16). The third-order valence-electron chi connectivity index (χ3n) is 2.44. The Morgan fingerprint density at radius 3 is 2.56 bits per heavy atom. The fraction of sp³-hybridized carbons (Fsp3) is 0.154. The maximum atomic E-state index is 11.0. The van der Waals surface area contributed by atoms with E-state index in [1.54, 1.807) is 17.1 Å². The lowest BCUT2D eigenvalue weighted by atomic mass is 10.2. The molecule has 0 spiro atoms. The minimum absolute atomic E-state index is 0.0403. The number of aromatic carboxylic acids is 1. The van der Waals surface area contributed by atoms with Gasteiger partial charge < -0.3 is 10.2 Å². The Morgan fingerprint density at radius 1 is 1.22 bits per heavy atom. The van der Waals surface area contributed by atoms with Crippen molar-refractivity contribution in [2.75, 3.05) is 0 Å². The number of aliphatic hydroxyl groups is 1. The summed E-state index contributed by atoms with van der Waals surface area (Å²) in [6, 6.07) is 9.46. The van der Waals surface area contributed by atoms with E-state index < -0.39 is 5.97 Å². The molecule has 18 heavy (non-hydrogen) atoms. The minimum Gasteiger partial charge on any atom is -0.477 e. The zero-order chi connectivity index (χ0) is 13.0. The monoisotopic (exact) mass is 280 g/mol. The van der Waals surface area contributed by atoms with E-state index in [-0.39, 0.29) is 6.61 Å². The average Bonchev–Trinajstić information content (AvgIpc) is 2.85. The minimum atomic E-state index is -0.865. The summed E-state index contributed by atoms with van der Waals surface area (Å²) in [5.74, 6) is -0.222. The van der Waals surface area contributed by atoms with Crippen LogP contribution in [0.2, 0.25) is 0 Å². The number of benzene rings is 1. The third-order valence-corrected chi connectivity index (χ3v) is 4.45. The van der Waals surface area contributed by atoms with Gasteiger partial charge in [0.15, 0.2) is 0 Å². The van der Waals surface area contributed by atoms with Gasteiger partial charge in [0.25, 0.3) is 0 Å². The van der Waals surface area contributed by atoms with E-state index in [0.717, 1.165) is 16.0 Å². The second kappa shape index (κ2) is 6.04. The molecule has 1 heterocycles. The molecule has 1 aromatic carbocycles. The first kappa shape index (κ1) is 13.1. The van der Waals surface area contributed by atoms with Gasteiger partial charge in [-0.3, -0.25) is 0 Å². The fourth-order valence-electron chi connectivity index (χ4n) is 1.49. The van der Waals surface area contributed by atoms with Crippen LogP contribution in [0.15, 0.2) is 40.6 Å². The molecule has 2 aromatic rings.